The fourth-order valence-corrected chi connectivity index (χ4v) is 4.74. The maximum atomic E-state index is 13.3. The molecule has 2 aromatic carbocycles. The summed E-state index contributed by atoms with van der Waals surface area (Å²) >= 11 is 11.8. The monoisotopic (exact) mass is 367 g/mol. The van der Waals surface area contributed by atoms with Crippen LogP contribution >= 0.6 is 30.6 Å². The third-order valence-corrected chi connectivity index (χ3v) is 6.21. The van der Waals surface area contributed by atoms with E-state index in [0.717, 1.165) is 0 Å². The van der Waals surface area contributed by atoms with Crippen molar-refractivity contribution in [2.24, 2.45) is 4.99 Å². The maximum Gasteiger partial charge on any atom is 0.328 e. The van der Waals surface area contributed by atoms with Crippen LogP contribution < -0.4 is 10.0 Å². The van der Waals surface area contributed by atoms with Gasteiger partial charge in [0, 0.05) is 5.56 Å². The number of halogens is 2. The highest BCUT2D eigenvalue weighted by atomic mass is 35.5. The van der Waals surface area contributed by atoms with E-state index in [1.54, 1.807) is 55.6 Å². The fraction of sp³-hybridized carbons (Fsp3) is 0.0625. The smallest absolute Gasteiger partial charge is 0.328 e. The third kappa shape index (κ3) is 3.02. The van der Waals surface area contributed by atoms with Gasteiger partial charge in [0.25, 0.3) is 0 Å². The lowest BCUT2D eigenvalue weighted by Gasteiger charge is -2.13. The Balaban J connectivity index is 2.04. The van der Waals surface area contributed by atoms with Crippen LogP contribution in [0.3, 0.4) is 0 Å². The summed E-state index contributed by atoms with van der Waals surface area (Å²) in [5.74, 6) is 0.915. The summed E-state index contributed by atoms with van der Waals surface area (Å²) in [4.78, 5) is 4.25. The predicted molar refractivity (Wildman–Crippen MR) is 93.0 cm³/mol. The number of hydrogen-bond donors (Lipinski definition) is 0. The lowest BCUT2D eigenvalue weighted by Crippen LogP contribution is -2.07. The molecule has 2 aromatic rings. The second-order valence-corrected chi connectivity index (χ2v) is 7.88. The largest absolute Gasteiger partial charge is 0.497 e. The van der Waals surface area contributed by atoms with Gasteiger partial charge in [-0.1, -0.05) is 41.4 Å². The van der Waals surface area contributed by atoms with Crippen LogP contribution in [-0.2, 0) is 9.09 Å². The first-order chi connectivity index (χ1) is 11.0. The van der Waals surface area contributed by atoms with Crippen molar-refractivity contribution in [3.8, 4) is 5.75 Å². The Labute approximate surface area is 143 Å². The number of hydrogen-bond acceptors (Lipinski definition) is 4. The van der Waals surface area contributed by atoms with Crippen molar-refractivity contribution in [2.45, 2.75) is 0 Å². The van der Waals surface area contributed by atoms with Gasteiger partial charge in [-0.15, -0.1) is 0 Å². The van der Waals surface area contributed by atoms with Crippen LogP contribution in [0.2, 0.25) is 0 Å². The van der Waals surface area contributed by atoms with Gasteiger partial charge in [-0.3, -0.25) is 4.57 Å². The average molecular weight is 368 g/mol. The van der Waals surface area contributed by atoms with Crippen molar-refractivity contribution in [1.29, 1.82) is 0 Å². The second kappa shape index (κ2) is 6.40. The molecule has 3 rings (SSSR count). The molecule has 4 nitrogen and oxygen atoms in total. The molecule has 0 aromatic heterocycles. The molecule has 7 heteroatoms. The van der Waals surface area contributed by atoms with E-state index < -0.39 is 7.37 Å². The maximum absolute atomic E-state index is 13.3. The Morgan fingerprint density at radius 3 is 2.30 bits per heavy atom. The average Bonchev–Trinajstić information content (AvgIpc) is 2.95. The van der Waals surface area contributed by atoms with Crippen LogP contribution in [0.15, 0.2) is 69.5 Å². The molecule has 118 valence electrons. The minimum atomic E-state index is -3.45. The molecule has 0 fully saturated rings. The zero-order valence-corrected chi connectivity index (χ0v) is 14.5. The van der Waals surface area contributed by atoms with Gasteiger partial charge in [-0.05, 0) is 36.4 Å². The van der Waals surface area contributed by atoms with Gasteiger partial charge < -0.3 is 9.26 Å². The second-order valence-electron chi connectivity index (χ2n) is 4.71. The van der Waals surface area contributed by atoms with Gasteiger partial charge in [0.15, 0.2) is 5.44 Å². The molecule has 0 unspecified atom stereocenters. The summed E-state index contributed by atoms with van der Waals surface area (Å²) in [6, 6.07) is 15.8. The van der Waals surface area contributed by atoms with Crippen LogP contribution in [0, 0.1) is 0 Å². The van der Waals surface area contributed by atoms with Gasteiger partial charge in [0.1, 0.15) is 10.2 Å². The number of aliphatic imine (C=N–C) groups is 1. The van der Waals surface area contributed by atoms with Crippen molar-refractivity contribution < 1.29 is 13.8 Å². The molecule has 1 aliphatic heterocycles. The molecule has 0 N–H and O–H groups in total. The molecule has 23 heavy (non-hydrogen) atoms. The Bertz CT molecular complexity index is 828. The molecule has 1 heterocycles. The highest BCUT2D eigenvalue weighted by Gasteiger charge is 2.41. The molecule has 1 aliphatic rings. The lowest BCUT2D eigenvalue weighted by molar-refractivity contribution is 0.414. The normalized spacial score (nSPS) is 20.0. The molecule has 1 atom stereocenters. The number of methoxy groups -OCH3 is 1. The van der Waals surface area contributed by atoms with E-state index in [1.807, 2.05) is 6.07 Å². The predicted octanol–water partition coefficient (Wildman–Crippen LogP) is 4.68. The number of rotatable bonds is 3. The van der Waals surface area contributed by atoms with E-state index in [-0.39, 0.29) is 15.8 Å². The third-order valence-electron chi connectivity index (χ3n) is 3.30. The number of benzene rings is 2. The van der Waals surface area contributed by atoms with Crippen molar-refractivity contribution in [2.75, 3.05) is 7.11 Å². The van der Waals surface area contributed by atoms with Gasteiger partial charge in [-0.25, -0.2) is 4.99 Å². The number of nitrogens with zero attached hydrogens (tertiary/aromatic N) is 1. The number of ether oxygens (including phenoxy) is 1. The summed E-state index contributed by atoms with van der Waals surface area (Å²) < 4.78 is 24.0. The van der Waals surface area contributed by atoms with E-state index in [9.17, 15) is 4.57 Å². The summed E-state index contributed by atoms with van der Waals surface area (Å²) in [6.45, 7) is 0. The van der Waals surface area contributed by atoms with E-state index in [1.165, 1.54) is 0 Å². The minimum absolute atomic E-state index is 0.0536. The van der Waals surface area contributed by atoms with Crippen LogP contribution in [-0.4, -0.2) is 13.0 Å². The molecular formula is C16H12Cl2NO3P. The van der Waals surface area contributed by atoms with Crippen molar-refractivity contribution in [3.63, 3.8) is 0 Å². The van der Waals surface area contributed by atoms with Crippen LogP contribution in [0.4, 0.5) is 0 Å². The first kappa shape index (κ1) is 16.1. The highest BCUT2D eigenvalue weighted by Crippen LogP contribution is 2.61. The lowest BCUT2D eigenvalue weighted by atomic mass is 10.2. The fourth-order valence-electron chi connectivity index (χ4n) is 2.15. The topological polar surface area (TPSA) is 47.9 Å². The van der Waals surface area contributed by atoms with Gasteiger partial charge in [-0.2, -0.15) is 0 Å². The van der Waals surface area contributed by atoms with E-state index in [0.29, 0.717) is 16.6 Å². The molecule has 0 bridgehead atoms. The molecule has 0 spiro atoms. The highest BCUT2D eigenvalue weighted by molar-refractivity contribution is 7.72. The molecule has 0 radical (unpaired) electrons. The minimum Gasteiger partial charge on any atom is -0.497 e. The summed E-state index contributed by atoms with van der Waals surface area (Å²) in [5.41, 5.74) is 0.712. The van der Waals surface area contributed by atoms with Gasteiger partial charge in [0.05, 0.1) is 12.4 Å². The Morgan fingerprint density at radius 2 is 1.74 bits per heavy atom. The standard InChI is InChI=1S/C16H12Cl2NO3P/c1-21-12-9-7-11(8-10-12)15-19-16(14(17)18)23(20,22-15)13-5-3-2-4-6-13/h2-10H,1H3/t23-/m0/s1. The Kier molecular flexibility index (Phi) is 4.49. The summed E-state index contributed by atoms with van der Waals surface area (Å²) in [5, 5.41) is 0.487. The SMILES string of the molecule is COc1ccc(C2=NC(=C(Cl)Cl)[P@](=O)(c3ccccc3)O2)cc1. The molecule has 0 saturated heterocycles. The van der Waals surface area contributed by atoms with E-state index in [4.69, 9.17) is 32.5 Å². The molecular weight excluding hydrogens is 356 g/mol. The van der Waals surface area contributed by atoms with E-state index >= 15 is 0 Å². The van der Waals surface area contributed by atoms with Crippen molar-refractivity contribution >= 4 is 41.8 Å². The Hall–Kier alpha value is -1.74. The van der Waals surface area contributed by atoms with E-state index in [2.05, 4.69) is 4.99 Å². The van der Waals surface area contributed by atoms with Crippen molar-refractivity contribution in [1.82, 2.24) is 0 Å². The zero-order valence-electron chi connectivity index (χ0n) is 12.1. The Morgan fingerprint density at radius 1 is 1.09 bits per heavy atom. The first-order valence-electron chi connectivity index (χ1n) is 6.69. The van der Waals surface area contributed by atoms with Gasteiger partial charge in [0.2, 0.25) is 5.90 Å². The molecule has 0 aliphatic carbocycles. The quantitative estimate of drug-likeness (QED) is 0.740. The first-order valence-corrected chi connectivity index (χ1v) is 9.07. The van der Waals surface area contributed by atoms with Crippen LogP contribution in [0.25, 0.3) is 0 Å². The molecule has 0 saturated carbocycles. The van der Waals surface area contributed by atoms with Crippen LogP contribution in [0.5, 0.6) is 5.75 Å². The van der Waals surface area contributed by atoms with Gasteiger partial charge >= 0.3 is 7.37 Å². The molecule has 0 amide bonds. The van der Waals surface area contributed by atoms with Crippen LogP contribution in [0.1, 0.15) is 5.56 Å². The summed E-state index contributed by atoms with van der Waals surface area (Å²) in [6.07, 6.45) is 0. The summed E-state index contributed by atoms with van der Waals surface area (Å²) in [7, 11) is -1.87. The zero-order chi connectivity index (χ0) is 16.4. The van der Waals surface area contributed by atoms with Crippen molar-refractivity contribution in [3.05, 3.63) is 70.1 Å².